The number of nitrogens with two attached hydrogens (primary N) is 1. The molecule has 0 saturated heterocycles. The van der Waals surface area contributed by atoms with Crippen LogP contribution in [0.1, 0.15) is 0 Å². The summed E-state index contributed by atoms with van der Waals surface area (Å²) in [6.45, 7) is -0.265. The maximum absolute atomic E-state index is 8.23. The van der Waals surface area contributed by atoms with Crippen LogP contribution in [0.25, 0.3) is 0 Å². The Morgan fingerprint density at radius 3 is 2.64 bits per heavy atom. The fraction of sp³-hybridized carbons (Fsp3) is 0.200. The number of hydrogen-bond acceptors (Lipinski definition) is 5. The fourth-order valence-electron chi connectivity index (χ4n) is 0.256. The Hall–Kier alpha value is -2.08. The van der Waals surface area contributed by atoms with E-state index < -0.39 is 5.84 Å². The number of amidine groups is 1. The summed E-state index contributed by atoms with van der Waals surface area (Å²) in [4.78, 5) is 4.28. The van der Waals surface area contributed by atoms with E-state index in [0.29, 0.717) is 0 Å². The summed E-state index contributed by atoms with van der Waals surface area (Å²) < 4.78 is 0. The van der Waals surface area contributed by atoms with E-state index in [9.17, 15) is 0 Å². The molecule has 56 valence electrons. The molecular weight excluding hydrogens is 146 g/mol. The monoisotopic (exact) mass is 151 g/mol. The second kappa shape index (κ2) is 4.77. The van der Waals surface area contributed by atoms with Crippen molar-refractivity contribution in [3.63, 3.8) is 0 Å². The molecule has 6 nitrogen and oxygen atoms in total. The minimum atomic E-state index is -0.481. The molecule has 0 fully saturated rings. The lowest BCUT2D eigenvalue weighted by Crippen LogP contribution is -2.21. The van der Waals surface area contributed by atoms with Gasteiger partial charge in [0.15, 0.2) is 5.84 Å². The minimum Gasteiger partial charge on any atom is -0.382 e. The fourth-order valence-corrected chi connectivity index (χ4v) is 0.256. The molecule has 0 amide bonds. The summed E-state index contributed by atoms with van der Waals surface area (Å²) in [6, 6.07) is 3.16. The van der Waals surface area contributed by atoms with Crippen molar-refractivity contribution in [2.75, 3.05) is 6.61 Å². The van der Waals surface area contributed by atoms with Gasteiger partial charge in [-0.1, -0.05) is 5.16 Å². The molecule has 0 aliphatic rings. The number of hydrogen-bond donors (Lipinski definition) is 2. The molecule has 0 heterocycles. The Morgan fingerprint density at radius 2 is 2.27 bits per heavy atom. The van der Waals surface area contributed by atoms with E-state index in [2.05, 4.69) is 9.99 Å². The van der Waals surface area contributed by atoms with Crippen molar-refractivity contribution in [2.45, 2.75) is 0 Å². The molecule has 0 atom stereocenters. The highest BCUT2D eigenvalue weighted by atomic mass is 16.6. The molecule has 3 N–H and O–H groups in total. The molecule has 11 heavy (non-hydrogen) atoms. The molecular formula is C5H5N5O. The Kier molecular flexibility index (Phi) is 3.87. The first-order valence-corrected chi connectivity index (χ1v) is 2.53. The summed E-state index contributed by atoms with van der Waals surface area (Å²) in [5.41, 5.74) is 4.56. The van der Waals surface area contributed by atoms with Crippen LogP contribution < -0.4 is 5.73 Å². The topological polar surface area (TPSA) is 119 Å². The summed E-state index contributed by atoms with van der Waals surface area (Å²) in [5, 5.41) is 26.1. The maximum atomic E-state index is 8.23. The van der Waals surface area contributed by atoms with Gasteiger partial charge in [-0.2, -0.15) is 10.5 Å². The van der Waals surface area contributed by atoms with E-state index in [0.717, 1.165) is 0 Å². The van der Waals surface area contributed by atoms with Gasteiger partial charge in [0, 0.05) is 0 Å². The molecule has 0 aromatic rings. The van der Waals surface area contributed by atoms with Gasteiger partial charge in [0.25, 0.3) is 0 Å². The highest BCUT2D eigenvalue weighted by Gasteiger charge is 2.00. The van der Waals surface area contributed by atoms with Crippen LogP contribution in [0.15, 0.2) is 5.16 Å². The van der Waals surface area contributed by atoms with E-state index in [-0.39, 0.29) is 12.3 Å². The lowest BCUT2D eigenvalue weighted by molar-refractivity contribution is 0.179. The van der Waals surface area contributed by atoms with Gasteiger partial charge >= 0.3 is 0 Å². The summed E-state index contributed by atoms with van der Waals surface area (Å²) in [7, 11) is 0. The number of nitriles is 2. The van der Waals surface area contributed by atoms with E-state index in [1.165, 1.54) is 6.07 Å². The molecule has 0 aliphatic heterocycles. The normalized spacial score (nSPS) is 9.45. The Bertz CT molecular complexity index is 255. The highest BCUT2D eigenvalue weighted by Crippen LogP contribution is 1.79. The minimum absolute atomic E-state index is 0.265. The van der Waals surface area contributed by atoms with Crippen LogP contribution in [0, 0.1) is 28.1 Å². The smallest absolute Gasteiger partial charge is 0.220 e. The van der Waals surface area contributed by atoms with Crippen LogP contribution in [0.5, 0.6) is 0 Å². The SMILES string of the molecule is N#CCO/N=C(\C#N)C(=N)N. The van der Waals surface area contributed by atoms with Crippen LogP contribution in [0.2, 0.25) is 0 Å². The number of nitrogens with one attached hydrogen (secondary N) is 1. The average Bonchev–Trinajstić information content (AvgIpc) is 1.97. The predicted molar refractivity (Wildman–Crippen MR) is 36.5 cm³/mol. The molecule has 0 unspecified atom stereocenters. The van der Waals surface area contributed by atoms with Crippen LogP contribution in [0.4, 0.5) is 0 Å². The van der Waals surface area contributed by atoms with E-state index in [4.69, 9.17) is 21.7 Å². The molecule has 0 aromatic carbocycles. The largest absolute Gasteiger partial charge is 0.382 e. The van der Waals surface area contributed by atoms with Gasteiger partial charge in [-0.15, -0.1) is 0 Å². The van der Waals surface area contributed by atoms with Gasteiger partial charge in [-0.3, -0.25) is 5.41 Å². The molecule has 0 spiro atoms. The van der Waals surface area contributed by atoms with Crippen LogP contribution >= 0.6 is 0 Å². The van der Waals surface area contributed by atoms with Crippen molar-refractivity contribution >= 4 is 11.5 Å². The van der Waals surface area contributed by atoms with Gasteiger partial charge in [0.05, 0.1) is 0 Å². The number of rotatable bonds is 3. The zero-order valence-electron chi connectivity index (χ0n) is 5.53. The molecule has 0 aliphatic carbocycles. The maximum Gasteiger partial charge on any atom is 0.220 e. The van der Waals surface area contributed by atoms with Crippen molar-refractivity contribution in [1.29, 1.82) is 15.9 Å². The lowest BCUT2D eigenvalue weighted by Gasteiger charge is -1.91. The summed E-state index contributed by atoms with van der Waals surface area (Å²) in [6.07, 6.45) is 0. The third-order valence-electron chi connectivity index (χ3n) is 0.646. The molecule has 6 heteroatoms. The lowest BCUT2D eigenvalue weighted by atomic mass is 10.4. The molecule has 0 radical (unpaired) electrons. The van der Waals surface area contributed by atoms with Crippen molar-refractivity contribution in [3.05, 3.63) is 0 Å². The predicted octanol–water partition coefficient (Wildman–Crippen LogP) is -0.658. The third-order valence-corrected chi connectivity index (χ3v) is 0.646. The quantitative estimate of drug-likeness (QED) is 0.241. The van der Waals surface area contributed by atoms with Crippen molar-refractivity contribution in [3.8, 4) is 12.1 Å². The number of nitrogens with zero attached hydrogens (tertiary/aromatic N) is 3. The zero-order chi connectivity index (χ0) is 8.69. The first kappa shape index (κ1) is 8.92. The second-order valence-electron chi connectivity index (χ2n) is 1.40. The van der Waals surface area contributed by atoms with Crippen LogP contribution in [-0.4, -0.2) is 18.2 Å². The Morgan fingerprint density at radius 1 is 1.64 bits per heavy atom. The van der Waals surface area contributed by atoms with Gasteiger partial charge in [0.1, 0.15) is 12.1 Å². The third kappa shape index (κ3) is 3.49. The van der Waals surface area contributed by atoms with E-state index >= 15 is 0 Å². The zero-order valence-corrected chi connectivity index (χ0v) is 5.53. The highest BCUT2D eigenvalue weighted by molar-refractivity contribution is 6.45. The molecule has 0 aromatic heterocycles. The van der Waals surface area contributed by atoms with Crippen LogP contribution in [-0.2, 0) is 4.84 Å². The Balaban J connectivity index is 4.08. The molecule has 0 saturated carbocycles. The van der Waals surface area contributed by atoms with E-state index in [1.54, 1.807) is 6.07 Å². The van der Waals surface area contributed by atoms with Crippen LogP contribution in [0.3, 0.4) is 0 Å². The van der Waals surface area contributed by atoms with Gasteiger partial charge in [-0.05, 0) is 0 Å². The van der Waals surface area contributed by atoms with Gasteiger partial charge < -0.3 is 10.6 Å². The number of oxime groups is 1. The standard InChI is InChI=1S/C5H5N5O/c6-1-2-11-10-4(3-7)5(8)9/h2H2,(H3,8,9)/b10-4+. The Labute approximate surface area is 63.0 Å². The first-order valence-electron chi connectivity index (χ1n) is 2.53. The first-order chi connectivity index (χ1) is 5.22. The van der Waals surface area contributed by atoms with Gasteiger partial charge in [-0.25, -0.2) is 0 Å². The summed E-state index contributed by atoms with van der Waals surface area (Å²) in [5.74, 6) is -0.481. The van der Waals surface area contributed by atoms with Crippen molar-refractivity contribution in [2.24, 2.45) is 10.9 Å². The second-order valence-corrected chi connectivity index (χ2v) is 1.40. The van der Waals surface area contributed by atoms with Crippen molar-refractivity contribution < 1.29 is 4.84 Å². The molecule has 0 bridgehead atoms. The summed E-state index contributed by atoms with van der Waals surface area (Å²) >= 11 is 0. The van der Waals surface area contributed by atoms with E-state index in [1.807, 2.05) is 0 Å². The van der Waals surface area contributed by atoms with Crippen molar-refractivity contribution in [1.82, 2.24) is 0 Å². The molecule has 0 rings (SSSR count). The average molecular weight is 151 g/mol. The van der Waals surface area contributed by atoms with Gasteiger partial charge in [0.2, 0.25) is 12.3 Å².